The summed E-state index contributed by atoms with van der Waals surface area (Å²) in [5.41, 5.74) is 0. The van der Waals surface area contributed by atoms with E-state index >= 15 is 0 Å². The van der Waals surface area contributed by atoms with Gasteiger partial charge in [-0.3, -0.25) is 0 Å². The molecule has 3 rings (SSSR count). The molecule has 0 radical (unpaired) electrons. The van der Waals surface area contributed by atoms with Gasteiger partial charge in [0.15, 0.2) is 5.79 Å². The molecule has 1 saturated carbocycles. The number of methoxy groups -OCH3 is 1. The Hall–Kier alpha value is -0.120. The summed E-state index contributed by atoms with van der Waals surface area (Å²) in [6.07, 6.45) is 6.53. The van der Waals surface area contributed by atoms with Crippen molar-refractivity contribution in [2.45, 2.75) is 50.1 Å². The summed E-state index contributed by atoms with van der Waals surface area (Å²) >= 11 is 0. The molecule has 0 aromatic rings. The third-order valence-electron chi connectivity index (χ3n) is 4.01. The SMILES string of the molecule is CO[C@@]12CCCC[C@@H]1[C@@H]1C[C@@H](CO1)O2. The molecule has 2 saturated heterocycles. The summed E-state index contributed by atoms with van der Waals surface area (Å²) in [4.78, 5) is 0. The molecule has 4 atom stereocenters. The topological polar surface area (TPSA) is 27.7 Å². The molecule has 1 aliphatic carbocycles. The number of rotatable bonds is 1. The molecule has 2 heterocycles. The quantitative estimate of drug-likeness (QED) is 0.642. The molecule has 0 spiro atoms. The molecule has 3 fully saturated rings. The molecule has 0 amide bonds. The lowest BCUT2D eigenvalue weighted by molar-refractivity contribution is -0.303. The normalized spacial score (nSPS) is 51.6. The first-order valence-electron chi connectivity index (χ1n) is 5.69. The summed E-state index contributed by atoms with van der Waals surface area (Å²) in [5, 5.41) is 0. The van der Waals surface area contributed by atoms with Crippen LogP contribution in [0.2, 0.25) is 0 Å². The van der Waals surface area contributed by atoms with E-state index in [1.807, 2.05) is 0 Å². The van der Waals surface area contributed by atoms with E-state index in [1.165, 1.54) is 19.3 Å². The van der Waals surface area contributed by atoms with E-state index in [2.05, 4.69) is 0 Å². The third-order valence-corrected chi connectivity index (χ3v) is 4.01. The molecule has 0 aromatic carbocycles. The predicted molar refractivity (Wildman–Crippen MR) is 50.9 cm³/mol. The van der Waals surface area contributed by atoms with Crippen LogP contribution in [-0.4, -0.2) is 31.7 Å². The molecule has 2 aliphatic heterocycles. The smallest absolute Gasteiger partial charge is 0.173 e. The highest BCUT2D eigenvalue weighted by Gasteiger charge is 2.54. The summed E-state index contributed by atoms with van der Waals surface area (Å²) in [7, 11) is 1.78. The zero-order valence-corrected chi connectivity index (χ0v) is 8.70. The summed E-state index contributed by atoms with van der Waals surface area (Å²) in [5.74, 6) is 0.169. The van der Waals surface area contributed by atoms with Crippen molar-refractivity contribution < 1.29 is 14.2 Å². The van der Waals surface area contributed by atoms with Crippen LogP contribution in [0.1, 0.15) is 32.1 Å². The van der Waals surface area contributed by atoms with Crippen LogP contribution >= 0.6 is 0 Å². The Morgan fingerprint density at radius 2 is 2.29 bits per heavy atom. The molecule has 80 valence electrons. The fourth-order valence-electron chi connectivity index (χ4n) is 3.33. The molecule has 14 heavy (non-hydrogen) atoms. The average molecular weight is 198 g/mol. The van der Waals surface area contributed by atoms with Crippen LogP contribution < -0.4 is 0 Å². The van der Waals surface area contributed by atoms with Gasteiger partial charge in [0.2, 0.25) is 0 Å². The number of fused-ring (bicyclic) bond motifs is 4. The minimum Gasteiger partial charge on any atom is -0.375 e. The fourth-order valence-corrected chi connectivity index (χ4v) is 3.33. The van der Waals surface area contributed by atoms with Crippen molar-refractivity contribution in [3.05, 3.63) is 0 Å². The first kappa shape index (κ1) is 9.13. The van der Waals surface area contributed by atoms with Crippen LogP contribution in [0, 0.1) is 5.92 Å². The maximum absolute atomic E-state index is 6.07. The Balaban J connectivity index is 1.89. The first-order chi connectivity index (χ1) is 6.84. The number of ether oxygens (including phenoxy) is 3. The van der Waals surface area contributed by atoms with E-state index in [0.717, 1.165) is 19.4 Å². The Labute approximate surface area is 84.7 Å². The standard InChI is InChI=1S/C11H18O3/c1-12-11-5-3-2-4-9(11)10-6-8(14-11)7-13-10/h8-10H,2-7H2,1H3/t8-,9+,10-,11+/m0/s1. The Morgan fingerprint density at radius 1 is 1.36 bits per heavy atom. The van der Waals surface area contributed by atoms with E-state index in [1.54, 1.807) is 7.11 Å². The lowest BCUT2D eigenvalue weighted by Gasteiger charge is -2.47. The molecule has 0 unspecified atom stereocenters. The molecular weight excluding hydrogens is 180 g/mol. The van der Waals surface area contributed by atoms with Gasteiger partial charge in [0, 0.05) is 25.9 Å². The number of hydrogen-bond acceptors (Lipinski definition) is 3. The highest BCUT2D eigenvalue weighted by Crippen LogP contribution is 2.48. The highest BCUT2D eigenvalue weighted by molar-refractivity contribution is 4.97. The second kappa shape index (κ2) is 3.19. The van der Waals surface area contributed by atoms with Crippen LogP contribution in [-0.2, 0) is 14.2 Å². The molecule has 3 heteroatoms. The van der Waals surface area contributed by atoms with E-state index in [0.29, 0.717) is 12.0 Å². The predicted octanol–water partition coefficient (Wildman–Crippen LogP) is 1.71. The Morgan fingerprint density at radius 3 is 3.14 bits per heavy atom. The van der Waals surface area contributed by atoms with Crippen LogP contribution in [0.5, 0.6) is 0 Å². The maximum Gasteiger partial charge on any atom is 0.173 e. The molecule has 0 N–H and O–H groups in total. The lowest BCUT2D eigenvalue weighted by Crippen LogP contribution is -2.54. The second-order valence-corrected chi connectivity index (χ2v) is 4.72. The monoisotopic (exact) mass is 198 g/mol. The van der Waals surface area contributed by atoms with Crippen molar-refractivity contribution in [3.63, 3.8) is 0 Å². The zero-order chi connectivity index (χ0) is 9.60. The molecule has 3 aliphatic rings. The second-order valence-electron chi connectivity index (χ2n) is 4.72. The average Bonchev–Trinajstić information content (AvgIpc) is 2.62. The van der Waals surface area contributed by atoms with Gasteiger partial charge in [-0.25, -0.2) is 0 Å². The highest BCUT2D eigenvalue weighted by atomic mass is 16.7. The minimum atomic E-state index is -0.303. The van der Waals surface area contributed by atoms with Crippen molar-refractivity contribution in [3.8, 4) is 0 Å². The van der Waals surface area contributed by atoms with Gasteiger partial charge >= 0.3 is 0 Å². The molecule has 0 aromatic heterocycles. The van der Waals surface area contributed by atoms with Crippen molar-refractivity contribution in [2.24, 2.45) is 5.92 Å². The van der Waals surface area contributed by atoms with Crippen LogP contribution in [0.3, 0.4) is 0 Å². The van der Waals surface area contributed by atoms with Crippen LogP contribution in [0.25, 0.3) is 0 Å². The largest absolute Gasteiger partial charge is 0.375 e. The van der Waals surface area contributed by atoms with Gasteiger partial charge in [-0.05, 0) is 12.8 Å². The van der Waals surface area contributed by atoms with Gasteiger partial charge in [-0.15, -0.1) is 0 Å². The van der Waals surface area contributed by atoms with E-state index in [4.69, 9.17) is 14.2 Å². The minimum absolute atomic E-state index is 0.286. The van der Waals surface area contributed by atoms with Gasteiger partial charge in [0.05, 0.1) is 18.8 Å². The Kier molecular flexibility index (Phi) is 2.08. The van der Waals surface area contributed by atoms with Crippen molar-refractivity contribution in [1.82, 2.24) is 0 Å². The van der Waals surface area contributed by atoms with Gasteiger partial charge in [0.1, 0.15) is 0 Å². The van der Waals surface area contributed by atoms with Gasteiger partial charge < -0.3 is 14.2 Å². The number of hydrogen-bond donors (Lipinski definition) is 0. The third kappa shape index (κ3) is 1.16. The first-order valence-corrected chi connectivity index (χ1v) is 5.69. The maximum atomic E-state index is 6.07. The van der Waals surface area contributed by atoms with Crippen molar-refractivity contribution >= 4 is 0 Å². The van der Waals surface area contributed by atoms with Crippen LogP contribution in [0.4, 0.5) is 0 Å². The Bertz CT molecular complexity index is 231. The van der Waals surface area contributed by atoms with Gasteiger partial charge in [-0.1, -0.05) is 6.42 Å². The zero-order valence-electron chi connectivity index (χ0n) is 8.70. The van der Waals surface area contributed by atoms with Crippen molar-refractivity contribution in [2.75, 3.05) is 13.7 Å². The van der Waals surface area contributed by atoms with E-state index in [-0.39, 0.29) is 11.9 Å². The lowest BCUT2D eigenvalue weighted by atomic mass is 9.77. The summed E-state index contributed by atoms with van der Waals surface area (Å²) in [6.45, 7) is 0.770. The summed E-state index contributed by atoms with van der Waals surface area (Å²) in [6, 6.07) is 0. The fraction of sp³-hybridized carbons (Fsp3) is 1.00. The summed E-state index contributed by atoms with van der Waals surface area (Å²) < 4.78 is 17.5. The molecule has 2 bridgehead atoms. The van der Waals surface area contributed by atoms with E-state index < -0.39 is 0 Å². The van der Waals surface area contributed by atoms with Crippen LogP contribution in [0.15, 0.2) is 0 Å². The van der Waals surface area contributed by atoms with Gasteiger partial charge in [0.25, 0.3) is 0 Å². The molecular formula is C11H18O3. The van der Waals surface area contributed by atoms with Gasteiger partial charge in [-0.2, -0.15) is 0 Å². The molecule has 3 nitrogen and oxygen atoms in total. The van der Waals surface area contributed by atoms with Crippen molar-refractivity contribution in [1.29, 1.82) is 0 Å². The van der Waals surface area contributed by atoms with E-state index in [9.17, 15) is 0 Å².